The lowest BCUT2D eigenvalue weighted by molar-refractivity contribution is -0.130. The van der Waals surface area contributed by atoms with E-state index in [2.05, 4.69) is 0 Å². The minimum Gasteiger partial charge on any atom is -0.334 e. The van der Waals surface area contributed by atoms with Crippen LogP contribution in [0.3, 0.4) is 0 Å². The lowest BCUT2D eigenvalue weighted by Crippen LogP contribution is -2.54. The fraction of sp³-hybridized carbons (Fsp3) is 0.273. The molecule has 2 heterocycles. The first kappa shape index (κ1) is 18.7. The molecule has 29 heavy (non-hydrogen) atoms. The van der Waals surface area contributed by atoms with Crippen molar-refractivity contribution in [2.75, 3.05) is 19.6 Å². The number of amides is 4. The summed E-state index contributed by atoms with van der Waals surface area (Å²) in [6, 6.07) is 16.5. The normalized spacial score (nSPS) is 19.7. The maximum Gasteiger partial charge on any atom is 0.328 e. The van der Waals surface area contributed by atoms with E-state index in [1.807, 2.05) is 43.3 Å². The number of nitrogens with zero attached hydrogens (tertiary/aromatic N) is 4. The molecule has 2 saturated heterocycles. The number of nitriles is 1. The molecule has 0 N–H and O–H groups in total. The van der Waals surface area contributed by atoms with Crippen molar-refractivity contribution < 1.29 is 14.4 Å². The van der Waals surface area contributed by atoms with Crippen molar-refractivity contribution >= 4 is 17.8 Å². The Morgan fingerprint density at radius 1 is 1.07 bits per heavy atom. The average Bonchev–Trinajstić information content (AvgIpc) is 3.03. The van der Waals surface area contributed by atoms with Gasteiger partial charge in [-0.3, -0.25) is 14.5 Å². The first-order chi connectivity index (χ1) is 14.0. The topological polar surface area (TPSA) is 84.7 Å². The molecule has 2 fully saturated rings. The summed E-state index contributed by atoms with van der Waals surface area (Å²) in [5.41, 5.74) is 1.83. The van der Waals surface area contributed by atoms with Gasteiger partial charge in [0, 0.05) is 18.7 Å². The second-order valence-corrected chi connectivity index (χ2v) is 7.23. The summed E-state index contributed by atoms with van der Waals surface area (Å²) in [5.74, 6) is -0.479. The number of fused-ring (bicyclic) bond motifs is 1. The number of hydrogen-bond donors (Lipinski definition) is 0. The Morgan fingerprint density at radius 2 is 1.76 bits per heavy atom. The predicted molar refractivity (Wildman–Crippen MR) is 105 cm³/mol. The molecular weight excluding hydrogens is 368 g/mol. The van der Waals surface area contributed by atoms with Gasteiger partial charge in [0.2, 0.25) is 0 Å². The van der Waals surface area contributed by atoms with Crippen molar-refractivity contribution in [3.05, 3.63) is 71.3 Å². The van der Waals surface area contributed by atoms with E-state index < -0.39 is 6.04 Å². The molecule has 7 heteroatoms. The number of carbonyl (C=O) groups excluding carboxylic acids is 3. The largest absolute Gasteiger partial charge is 0.334 e. The Kier molecular flexibility index (Phi) is 4.77. The number of urea groups is 1. The summed E-state index contributed by atoms with van der Waals surface area (Å²) in [5, 5.41) is 8.90. The average molecular weight is 388 g/mol. The van der Waals surface area contributed by atoms with Crippen molar-refractivity contribution in [2.24, 2.45) is 0 Å². The number of hydrogen-bond acceptors (Lipinski definition) is 4. The van der Waals surface area contributed by atoms with Gasteiger partial charge in [-0.05, 0) is 36.8 Å². The molecule has 0 aliphatic carbocycles. The van der Waals surface area contributed by atoms with Gasteiger partial charge in [-0.2, -0.15) is 5.26 Å². The lowest BCUT2D eigenvalue weighted by Gasteiger charge is -2.35. The van der Waals surface area contributed by atoms with Crippen LogP contribution < -0.4 is 0 Å². The zero-order valence-electron chi connectivity index (χ0n) is 16.0. The highest BCUT2D eigenvalue weighted by Crippen LogP contribution is 2.30. The van der Waals surface area contributed by atoms with Crippen molar-refractivity contribution in [2.45, 2.75) is 19.0 Å². The van der Waals surface area contributed by atoms with Gasteiger partial charge in [-0.25, -0.2) is 4.79 Å². The van der Waals surface area contributed by atoms with Crippen LogP contribution in [0, 0.1) is 11.3 Å². The summed E-state index contributed by atoms with van der Waals surface area (Å²) in [7, 11) is 0. The lowest BCUT2D eigenvalue weighted by atomic mass is 10.1. The Hall–Kier alpha value is -3.66. The number of carbonyl (C=O) groups is 3. The number of rotatable bonds is 3. The van der Waals surface area contributed by atoms with Crippen LogP contribution in [0.25, 0.3) is 0 Å². The second-order valence-electron chi connectivity index (χ2n) is 7.23. The van der Waals surface area contributed by atoms with Crippen LogP contribution in [0.15, 0.2) is 54.6 Å². The molecule has 0 unspecified atom stereocenters. The van der Waals surface area contributed by atoms with E-state index in [1.54, 1.807) is 34.1 Å². The van der Waals surface area contributed by atoms with Crippen molar-refractivity contribution in [3.8, 4) is 6.07 Å². The Balaban J connectivity index is 1.52. The maximum atomic E-state index is 13.0. The predicted octanol–water partition coefficient (Wildman–Crippen LogP) is 2.41. The Morgan fingerprint density at radius 3 is 2.41 bits per heavy atom. The summed E-state index contributed by atoms with van der Waals surface area (Å²) in [6.07, 6.45) is 0. The SMILES string of the molecule is C[C@H](c1ccccc1)N1C(=O)[C@H]2CN(C(=O)c3ccc(C#N)cc3)CCN2C1=O. The zero-order chi connectivity index (χ0) is 20.5. The zero-order valence-corrected chi connectivity index (χ0v) is 16.0. The van der Waals surface area contributed by atoms with Crippen LogP contribution in [0.4, 0.5) is 4.79 Å². The minimum atomic E-state index is -0.662. The third-order valence-electron chi connectivity index (χ3n) is 5.57. The highest BCUT2D eigenvalue weighted by molar-refractivity contribution is 6.05. The highest BCUT2D eigenvalue weighted by atomic mass is 16.2. The molecule has 2 aromatic carbocycles. The number of imide groups is 1. The summed E-state index contributed by atoms with van der Waals surface area (Å²) in [4.78, 5) is 43.2. The Bertz CT molecular complexity index is 997. The van der Waals surface area contributed by atoms with E-state index in [0.29, 0.717) is 24.2 Å². The molecule has 2 aliphatic heterocycles. The number of piperazine rings is 1. The van der Waals surface area contributed by atoms with Gasteiger partial charge in [-0.1, -0.05) is 30.3 Å². The molecule has 0 radical (unpaired) electrons. The van der Waals surface area contributed by atoms with Gasteiger partial charge in [0.15, 0.2) is 0 Å². The third kappa shape index (κ3) is 3.23. The second kappa shape index (κ2) is 7.40. The number of benzene rings is 2. The van der Waals surface area contributed by atoms with Crippen LogP contribution in [-0.2, 0) is 4.79 Å². The quantitative estimate of drug-likeness (QED) is 0.756. The van der Waals surface area contributed by atoms with Gasteiger partial charge < -0.3 is 9.80 Å². The van der Waals surface area contributed by atoms with E-state index in [9.17, 15) is 14.4 Å². The first-order valence-electron chi connectivity index (χ1n) is 9.49. The van der Waals surface area contributed by atoms with Crippen molar-refractivity contribution in [1.82, 2.24) is 14.7 Å². The summed E-state index contributed by atoms with van der Waals surface area (Å²) in [6.45, 7) is 2.68. The smallest absolute Gasteiger partial charge is 0.328 e. The fourth-order valence-electron chi connectivity index (χ4n) is 3.91. The third-order valence-corrected chi connectivity index (χ3v) is 5.57. The molecule has 0 aromatic heterocycles. The van der Waals surface area contributed by atoms with Crippen LogP contribution in [0.2, 0.25) is 0 Å². The van der Waals surface area contributed by atoms with Crippen LogP contribution in [0.5, 0.6) is 0 Å². The van der Waals surface area contributed by atoms with E-state index in [4.69, 9.17) is 5.26 Å². The first-order valence-corrected chi connectivity index (χ1v) is 9.49. The molecule has 4 amide bonds. The van der Waals surface area contributed by atoms with E-state index in [-0.39, 0.29) is 30.4 Å². The van der Waals surface area contributed by atoms with Gasteiger partial charge >= 0.3 is 6.03 Å². The minimum absolute atomic E-state index is 0.168. The monoisotopic (exact) mass is 388 g/mol. The van der Waals surface area contributed by atoms with E-state index in [1.165, 1.54) is 4.90 Å². The molecule has 2 aromatic rings. The van der Waals surface area contributed by atoms with Gasteiger partial charge in [0.25, 0.3) is 11.8 Å². The molecule has 0 spiro atoms. The molecule has 2 aliphatic rings. The van der Waals surface area contributed by atoms with E-state index in [0.717, 1.165) is 5.56 Å². The molecule has 146 valence electrons. The van der Waals surface area contributed by atoms with Crippen LogP contribution >= 0.6 is 0 Å². The summed E-state index contributed by atoms with van der Waals surface area (Å²) < 4.78 is 0. The maximum absolute atomic E-state index is 13.0. The van der Waals surface area contributed by atoms with Gasteiger partial charge in [0.05, 0.1) is 24.2 Å². The molecule has 0 saturated carbocycles. The van der Waals surface area contributed by atoms with E-state index >= 15 is 0 Å². The molecule has 0 bridgehead atoms. The van der Waals surface area contributed by atoms with Crippen molar-refractivity contribution in [3.63, 3.8) is 0 Å². The molecule has 4 rings (SSSR count). The highest BCUT2D eigenvalue weighted by Gasteiger charge is 2.50. The van der Waals surface area contributed by atoms with Crippen molar-refractivity contribution in [1.29, 1.82) is 5.26 Å². The van der Waals surface area contributed by atoms with Crippen LogP contribution in [0.1, 0.15) is 34.5 Å². The fourth-order valence-corrected chi connectivity index (χ4v) is 3.91. The standard InChI is InChI=1S/C22H20N4O3/c1-15(17-5-3-2-4-6-17)26-21(28)19-14-24(11-12-25(19)22(26)29)20(27)18-9-7-16(13-23)8-10-18/h2-10,15,19H,11-12,14H2,1H3/t15-,19-/m1/s1. The summed E-state index contributed by atoms with van der Waals surface area (Å²) >= 11 is 0. The molecule has 7 nitrogen and oxygen atoms in total. The van der Waals surface area contributed by atoms with Gasteiger partial charge in [-0.15, -0.1) is 0 Å². The van der Waals surface area contributed by atoms with Crippen LogP contribution in [-0.4, -0.2) is 58.2 Å². The molecule has 2 atom stereocenters. The molecular formula is C22H20N4O3. The Labute approximate surface area is 168 Å². The van der Waals surface area contributed by atoms with Gasteiger partial charge in [0.1, 0.15) is 6.04 Å².